The number of piperidine rings is 1. The lowest BCUT2D eigenvalue weighted by Crippen LogP contribution is -2.60. The first-order valence-corrected chi connectivity index (χ1v) is 5.36. The highest BCUT2D eigenvalue weighted by molar-refractivity contribution is 5.14. The maximum Gasteiger partial charge on any atom is 0.107 e. The van der Waals surface area contributed by atoms with Gasteiger partial charge in [-0.1, -0.05) is 6.92 Å². The standard InChI is InChI=1S/C10H18FNO2/c1-2-6(11)8-9(14)7(13)5-12-10(8)3-4-10/h6-9,12-14H,2-5H2,1H3/t6-,7+,8+,9-/m0/s1. The first kappa shape index (κ1) is 10.3. The molecule has 0 bridgehead atoms. The second-order valence-electron chi connectivity index (χ2n) is 4.55. The Morgan fingerprint density at radius 2 is 2.14 bits per heavy atom. The van der Waals surface area contributed by atoms with Crippen molar-refractivity contribution in [2.75, 3.05) is 6.54 Å². The third kappa shape index (κ3) is 1.45. The average molecular weight is 203 g/mol. The molecule has 82 valence electrons. The SMILES string of the molecule is CC[C@H](F)[C@@H]1[C@@H](O)[C@H](O)CNC12CC2. The van der Waals surface area contributed by atoms with Crippen molar-refractivity contribution >= 4 is 0 Å². The summed E-state index contributed by atoms with van der Waals surface area (Å²) in [6, 6.07) is 0. The van der Waals surface area contributed by atoms with Crippen LogP contribution in [0.15, 0.2) is 0 Å². The maximum atomic E-state index is 13.7. The fourth-order valence-corrected chi connectivity index (χ4v) is 2.57. The summed E-state index contributed by atoms with van der Waals surface area (Å²) in [6.45, 7) is 2.16. The first-order valence-electron chi connectivity index (χ1n) is 5.36. The van der Waals surface area contributed by atoms with Gasteiger partial charge >= 0.3 is 0 Å². The number of halogens is 1. The summed E-state index contributed by atoms with van der Waals surface area (Å²) < 4.78 is 13.7. The van der Waals surface area contributed by atoms with Crippen LogP contribution in [0.5, 0.6) is 0 Å². The molecule has 14 heavy (non-hydrogen) atoms. The molecule has 2 rings (SSSR count). The molecule has 1 aliphatic heterocycles. The molecule has 2 aliphatic rings. The third-order valence-electron chi connectivity index (χ3n) is 3.63. The van der Waals surface area contributed by atoms with Gasteiger partial charge in [-0.2, -0.15) is 0 Å². The molecule has 0 aromatic rings. The van der Waals surface area contributed by atoms with Crippen LogP contribution in [0.25, 0.3) is 0 Å². The van der Waals surface area contributed by atoms with Crippen LogP contribution >= 0.6 is 0 Å². The van der Waals surface area contributed by atoms with E-state index >= 15 is 0 Å². The summed E-state index contributed by atoms with van der Waals surface area (Å²) in [4.78, 5) is 0. The number of hydrogen-bond donors (Lipinski definition) is 3. The number of aliphatic hydroxyl groups excluding tert-OH is 2. The van der Waals surface area contributed by atoms with Crippen molar-refractivity contribution in [1.82, 2.24) is 5.32 Å². The summed E-state index contributed by atoms with van der Waals surface area (Å²) in [5.41, 5.74) is -0.214. The highest BCUT2D eigenvalue weighted by Crippen LogP contribution is 2.48. The quantitative estimate of drug-likeness (QED) is 0.601. The van der Waals surface area contributed by atoms with Crippen molar-refractivity contribution in [1.29, 1.82) is 0 Å². The zero-order chi connectivity index (χ0) is 10.3. The Labute approximate surface area is 83.3 Å². The molecule has 2 fully saturated rings. The summed E-state index contributed by atoms with van der Waals surface area (Å²) in [6.07, 6.45) is -0.513. The molecule has 0 radical (unpaired) electrons. The normalized spacial score (nSPS) is 42.4. The van der Waals surface area contributed by atoms with Crippen LogP contribution in [0, 0.1) is 5.92 Å². The summed E-state index contributed by atoms with van der Waals surface area (Å²) in [5.74, 6) is -0.434. The van der Waals surface area contributed by atoms with Crippen molar-refractivity contribution in [3.8, 4) is 0 Å². The Balaban J connectivity index is 2.14. The van der Waals surface area contributed by atoms with E-state index in [4.69, 9.17) is 0 Å². The monoisotopic (exact) mass is 203 g/mol. The van der Waals surface area contributed by atoms with Crippen LogP contribution in [0.3, 0.4) is 0 Å². The van der Waals surface area contributed by atoms with E-state index in [9.17, 15) is 14.6 Å². The van der Waals surface area contributed by atoms with Crippen LogP contribution in [-0.2, 0) is 0 Å². The van der Waals surface area contributed by atoms with Gasteiger partial charge in [-0.25, -0.2) is 4.39 Å². The van der Waals surface area contributed by atoms with Gasteiger partial charge in [0, 0.05) is 18.0 Å². The molecule has 0 aromatic carbocycles. The van der Waals surface area contributed by atoms with Crippen LogP contribution < -0.4 is 5.32 Å². The molecule has 3 nitrogen and oxygen atoms in total. The molecule has 1 heterocycles. The highest BCUT2D eigenvalue weighted by Gasteiger charge is 2.58. The van der Waals surface area contributed by atoms with Crippen molar-refractivity contribution < 1.29 is 14.6 Å². The molecule has 0 aromatic heterocycles. The average Bonchev–Trinajstić information content (AvgIpc) is 2.93. The second kappa shape index (κ2) is 3.43. The number of rotatable bonds is 2. The van der Waals surface area contributed by atoms with E-state index in [1.807, 2.05) is 0 Å². The lowest BCUT2D eigenvalue weighted by atomic mass is 9.80. The van der Waals surface area contributed by atoms with Gasteiger partial charge in [0.15, 0.2) is 0 Å². The molecule has 1 spiro atoms. The summed E-state index contributed by atoms with van der Waals surface area (Å²) in [5, 5.41) is 22.4. The molecule has 0 unspecified atom stereocenters. The fourth-order valence-electron chi connectivity index (χ4n) is 2.57. The van der Waals surface area contributed by atoms with E-state index in [2.05, 4.69) is 5.32 Å². The van der Waals surface area contributed by atoms with E-state index < -0.39 is 24.3 Å². The van der Waals surface area contributed by atoms with E-state index in [-0.39, 0.29) is 5.54 Å². The molecule has 1 saturated heterocycles. The Morgan fingerprint density at radius 1 is 1.50 bits per heavy atom. The molecular weight excluding hydrogens is 185 g/mol. The van der Waals surface area contributed by atoms with E-state index in [1.54, 1.807) is 6.92 Å². The minimum atomic E-state index is -1.02. The van der Waals surface area contributed by atoms with E-state index in [0.29, 0.717) is 13.0 Å². The minimum Gasteiger partial charge on any atom is -0.390 e. The smallest absolute Gasteiger partial charge is 0.107 e. The molecule has 1 aliphatic carbocycles. The van der Waals surface area contributed by atoms with Gasteiger partial charge in [-0.15, -0.1) is 0 Å². The molecule has 0 amide bonds. The van der Waals surface area contributed by atoms with Crippen molar-refractivity contribution in [2.45, 2.75) is 50.1 Å². The van der Waals surface area contributed by atoms with Gasteiger partial charge in [0.1, 0.15) is 6.17 Å². The largest absolute Gasteiger partial charge is 0.390 e. The zero-order valence-corrected chi connectivity index (χ0v) is 8.41. The summed E-state index contributed by atoms with van der Waals surface area (Å²) >= 11 is 0. The number of aliphatic hydroxyl groups is 2. The predicted molar refractivity (Wildman–Crippen MR) is 50.7 cm³/mol. The fraction of sp³-hybridized carbons (Fsp3) is 1.00. The van der Waals surface area contributed by atoms with Crippen LogP contribution in [-0.4, -0.2) is 40.7 Å². The molecule has 4 atom stereocenters. The van der Waals surface area contributed by atoms with Gasteiger partial charge in [0.2, 0.25) is 0 Å². The number of nitrogens with one attached hydrogen (secondary N) is 1. The predicted octanol–water partition coefficient (Wildman–Crippen LogP) is 0.208. The van der Waals surface area contributed by atoms with Crippen molar-refractivity contribution in [3.63, 3.8) is 0 Å². The Hall–Kier alpha value is -0.190. The zero-order valence-electron chi connectivity index (χ0n) is 8.41. The topological polar surface area (TPSA) is 52.5 Å². The number of alkyl halides is 1. The van der Waals surface area contributed by atoms with Crippen LogP contribution in [0.4, 0.5) is 4.39 Å². The first-order chi connectivity index (χ1) is 6.60. The number of β-amino-alcohol motifs (C(OH)–C–C–N with tert-alkyl or cyclic N) is 1. The second-order valence-corrected chi connectivity index (χ2v) is 4.55. The minimum absolute atomic E-state index is 0.214. The molecule has 4 heteroatoms. The molecular formula is C10H18FNO2. The lowest BCUT2D eigenvalue weighted by molar-refractivity contribution is -0.0816. The van der Waals surface area contributed by atoms with Crippen molar-refractivity contribution in [3.05, 3.63) is 0 Å². The van der Waals surface area contributed by atoms with Gasteiger partial charge < -0.3 is 15.5 Å². The highest BCUT2D eigenvalue weighted by atomic mass is 19.1. The lowest BCUT2D eigenvalue weighted by Gasteiger charge is -2.41. The Morgan fingerprint density at radius 3 is 2.64 bits per heavy atom. The van der Waals surface area contributed by atoms with Crippen LogP contribution in [0.1, 0.15) is 26.2 Å². The van der Waals surface area contributed by atoms with Crippen molar-refractivity contribution in [2.24, 2.45) is 5.92 Å². The van der Waals surface area contributed by atoms with Crippen LogP contribution in [0.2, 0.25) is 0 Å². The van der Waals surface area contributed by atoms with Gasteiger partial charge in [-0.3, -0.25) is 0 Å². The third-order valence-corrected chi connectivity index (χ3v) is 3.63. The molecule has 1 saturated carbocycles. The maximum absolute atomic E-state index is 13.7. The van der Waals surface area contributed by atoms with Gasteiger partial charge in [-0.05, 0) is 19.3 Å². The van der Waals surface area contributed by atoms with Gasteiger partial charge in [0.05, 0.1) is 12.2 Å². The Bertz CT molecular complexity index is 220. The van der Waals surface area contributed by atoms with E-state index in [0.717, 1.165) is 12.8 Å². The number of hydrogen-bond acceptors (Lipinski definition) is 3. The van der Waals surface area contributed by atoms with Gasteiger partial charge in [0.25, 0.3) is 0 Å². The summed E-state index contributed by atoms with van der Waals surface area (Å²) in [7, 11) is 0. The van der Waals surface area contributed by atoms with E-state index in [1.165, 1.54) is 0 Å². The Kier molecular flexibility index (Phi) is 2.53. The molecule has 3 N–H and O–H groups in total.